The van der Waals surface area contributed by atoms with Crippen LogP contribution in [0.2, 0.25) is 0 Å². The summed E-state index contributed by atoms with van der Waals surface area (Å²) in [6.07, 6.45) is 4.28. The average Bonchev–Trinajstić information content (AvgIpc) is 2.47. The smallest absolute Gasteiger partial charge is 0.248 e. The molecule has 0 aromatic rings. The summed E-state index contributed by atoms with van der Waals surface area (Å²) in [7, 11) is 0. The number of hydrogen-bond acceptors (Lipinski definition) is 4. The fourth-order valence-corrected chi connectivity index (χ4v) is 3.69. The highest BCUT2D eigenvalue weighted by Gasteiger charge is 2.43. The van der Waals surface area contributed by atoms with Gasteiger partial charge in [-0.2, -0.15) is 0 Å². The monoisotopic (exact) mass is 311 g/mol. The van der Waals surface area contributed by atoms with Gasteiger partial charge in [-0.1, -0.05) is 19.3 Å². The molecule has 0 aromatic heterocycles. The molecule has 0 unspecified atom stereocenters. The van der Waals surface area contributed by atoms with Crippen LogP contribution >= 0.6 is 0 Å². The normalized spacial score (nSPS) is 23.9. The molecule has 1 saturated carbocycles. The third-order valence-corrected chi connectivity index (χ3v) is 4.71. The summed E-state index contributed by atoms with van der Waals surface area (Å²) in [5, 5.41) is 12.4. The van der Waals surface area contributed by atoms with E-state index in [0.29, 0.717) is 19.6 Å². The molecular weight excluding hydrogens is 282 g/mol. The van der Waals surface area contributed by atoms with E-state index in [1.807, 2.05) is 4.90 Å². The van der Waals surface area contributed by atoms with Crippen molar-refractivity contribution < 1.29 is 14.7 Å². The maximum absolute atomic E-state index is 13.0. The predicted octanol–water partition coefficient (Wildman–Crippen LogP) is 0.350. The number of aliphatic hydroxyl groups is 1. The van der Waals surface area contributed by atoms with Gasteiger partial charge in [0.15, 0.2) is 0 Å². The molecule has 0 bridgehead atoms. The Bertz CT molecular complexity index is 397. The first-order chi connectivity index (χ1) is 10.4. The first-order valence-electron chi connectivity index (χ1n) is 8.41. The second kappa shape index (κ2) is 7.42. The summed E-state index contributed by atoms with van der Waals surface area (Å²) in [4.78, 5) is 28.6. The zero-order valence-corrected chi connectivity index (χ0v) is 13.8. The van der Waals surface area contributed by atoms with Gasteiger partial charge in [0.05, 0.1) is 6.10 Å². The summed E-state index contributed by atoms with van der Waals surface area (Å²) in [6, 6.07) is 0. The predicted molar refractivity (Wildman–Crippen MR) is 84.3 cm³/mol. The van der Waals surface area contributed by atoms with Crippen LogP contribution in [0.15, 0.2) is 0 Å². The lowest BCUT2D eigenvalue weighted by Crippen LogP contribution is -2.63. The van der Waals surface area contributed by atoms with E-state index in [0.717, 1.165) is 45.2 Å². The van der Waals surface area contributed by atoms with Gasteiger partial charge in [-0.15, -0.1) is 0 Å². The maximum Gasteiger partial charge on any atom is 0.248 e. The van der Waals surface area contributed by atoms with Gasteiger partial charge in [-0.25, -0.2) is 0 Å². The molecule has 0 radical (unpaired) electrons. The highest BCUT2D eigenvalue weighted by Crippen LogP contribution is 2.30. The molecule has 126 valence electrons. The summed E-state index contributed by atoms with van der Waals surface area (Å²) in [5.41, 5.74) is -0.684. The number of nitrogens with one attached hydrogen (secondary N) is 1. The highest BCUT2D eigenvalue weighted by atomic mass is 16.3. The lowest BCUT2D eigenvalue weighted by Gasteiger charge is -2.43. The molecule has 2 aliphatic rings. The zero-order chi connectivity index (χ0) is 16.2. The Hall–Kier alpha value is -1.14. The molecule has 22 heavy (non-hydrogen) atoms. The van der Waals surface area contributed by atoms with E-state index in [4.69, 9.17) is 0 Å². The van der Waals surface area contributed by atoms with Gasteiger partial charge in [0.25, 0.3) is 0 Å². The molecule has 1 atom stereocenters. The van der Waals surface area contributed by atoms with E-state index in [9.17, 15) is 14.7 Å². The Labute approximate surface area is 132 Å². The molecule has 6 heteroatoms. The minimum atomic E-state index is -0.684. The molecule has 2 N–H and O–H groups in total. The van der Waals surface area contributed by atoms with Crippen LogP contribution in [0.1, 0.15) is 46.0 Å². The number of rotatable bonds is 4. The molecule has 2 rings (SSSR count). The van der Waals surface area contributed by atoms with Gasteiger partial charge in [0, 0.05) is 39.6 Å². The summed E-state index contributed by atoms with van der Waals surface area (Å²) < 4.78 is 0. The molecule has 6 nitrogen and oxygen atoms in total. The van der Waals surface area contributed by atoms with Crippen molar-refractivity contribution in [2.24, 2.45) is 0 Å². The molecule has 0 aromatic carbocycles. The topological polar surface area (TPSA) is 72.9 Å². The van der Waals surface area contributed by atoms with E-state index in [-0.39, 0.29) is 17.9 Å². The van der Waals surface area contributed by atoms with Crippen molar-refractivity contribution in [2.75, 3.05) is 32.7 Å². The van der Waals surface area contributed by atoms with Crippen LogP contribution in [0.25, 0.3) is 0 Å². The van der Waals surface area contributed by atoms with Gasteiger partial charge in [0.2, 0.25) is 11.8 Å². The van der Waals surface area contributed by atoms with Crippen molar-refractivity contribution in [1.29, 1.82) is 0 Å². The number of piperazine rings is 1. The van der Waals surface area contributed by atoms with Crippen molar-refractivity contribution in [2.45, 2.75) is 57.6 Å². The van der Waals surface area contributed by atoms with Crippen molar-refractivity contribution in [3.8, 4) is 0 Å². The number of carbonyl (C=O) groups excluding carboxylic acids is 2. The Kier molecular flexibility index (Phi) is 5.81. The molecule has 0 spiro atoms. The van der Waals surface area contributed by atoms with Gasteiger partial charge in [-0.3, -0.25) is 14.5 Å². The van der Waals surface area contributed by atoms with E-state index < -0.39 is 5.54 Å². The van der Waals surface area contributed by atoms with Gasteiger partial charge in [0.1, 0.15) is 5.54 Å². The van der Waals surface area contributed by atoms with Crippen LogP contribution in [-0.2, 0) is 9.59 Å². The number of aliphatic hydroxyl groups excluding tert-OH is 1. The molecule has 1 heterocycles. The van der Waals surface area contributed by atoms with E-state index in [1.54, 1.807) is 6.92 Å². The second-order valence-corrected chi connectivity index (χ2v) is 6.77. The lowest BCUT2D eigenvalue weighted by molar-refractivity contribution is -0.144. The van der Waals surface area contributed by atoms with Crippen molar-refractivity contribution in [3.63, 3.8) is 0 Å². The van der Waals surface area contributed by atoms with E-state index in [2.05, 4.69) is 10.2 Å². The minimum absolute atomic E-state index is 0.0825. The van der Waals surface area contributed by atoms with Crippen LogP contribution in [-0.4, -0.2) is 71.1 Å². The third kappa shape index (κ3) is 4.20. The highest BCUT2D eigenvalue weighted by molar-refractivity contribution is 5.91. The van der Waals surface area contributed by atoms with E-state index in [1.165, 1.54) is 6.92 Å². The summed E-state index contributed by atoms with van der Waals surface area (Å²) >= 11 is 0. The fourth-order valence-electron chi connectivity index (χ4n) is 3.69. The van der Waals surface area contributed by atoms with Gasteiger partial charge < -0.3 is 15.3 Å². The molecule has 2 amide bonds. The van der Waals surface area contributed by atoms with Gasteiger partial charge in [-0.05, 0) is 19.8 Å². The molecule has 1 aliphatic carbocycles. The van der Waals surface area contributed by atoms with Crippen LogP contribution < -0.4 is 5.32 Å². The summed E-state index contributed by atoms with van der Waals surface area (Å²) in [6.45, 7) is 6.84. The second-order valence-electron chi connectivity index (χ2n) is 6.77. The number of amides is 2. The fraction of sp³-hybridized carbons (Fsp3) is 0.875. The minimum Gasteiger partial charge on any atom is -0.392 e. The lowest BCUT2D eigenvalue weighted by atomic mass is 9.80. The Morgan fingerprint density at radius 1 is 1.14 bits per heavy atom. The Balaban J connectivity index is 1.98. The third-order valence-electron chi connectivity index (χ3n) is 4.71. The van der Waals surface area contributed by atoms with Gasteiger partial charge >= 0.3 is 0 Å². The van der Waals surface area contributed by atoms with Crippen LogP contribution in [0.5, 0.6) is 0 Å². The zero-order valence-electron chi connectivity index (χ0n) is 13.8. The quantitative estimate of drug-likeness (QED) is 0.786. The van der Waals surface area contributed by atoms with Crippen LogP contribution in [0, 0.1) is 0 Å². The number of β-amino-alcohol motifs (C(OH)–C–C–N with tert-alkyl or cyclic N) is 1. The van der Waals surface area contributed by atoms with Crippen molar-refractivity contribution >= 4 is 11.8 Å². The molecule has 1 aliphatic heterocycles. The standard InChI is InChI=1S/C16H29N3O3/c1-13(20)12-18-8-10-19(11-9-18)15(22)16(17-14(2)21)6-4-3-5-7-16/h13,20H,3-12H2,1-2H3,(H,17,21)/t13-/m0/s1. The van der Waals surface area contributed by atoms with Crippen molar-refractivity contribution in [1.82, 2.24) is 15.1 Å². The van der Waals surface area contributed by atoms with E-state index >= 15 is 0 Å². The number of carbonyl (C=O) groups is 2. The largest absolute Gasteiger partial charge is 0.392 e. The van der Waals surface area contributed by atoms with Crippen LogP contribution in [0.3, 0.4) is 0 Å². The average molecular weight is 311 g/mol. The molecule has 1 saturated heterocycles. The molecule has 2 fully saturated rings. The maximum atomic E-state index is 13.0. The Morgan fingerprint density at radius 3 is 2.23 bits per heavy atom. The number of nitrogens with zero attached hydrogens (tertiary/aromatic N) is 2. The first kappa shape index (κ1) is 17.2. The van der Waals surface area contributed by atoms with Crippen molar-refractivity contribution in [3.05, 3.63) is 0 Å². The Morgan fingerprint density at radius 2 is 1.73 bits per heavy atom. The van der Waals surface area contributed by atoms with Crippen LogP contribution in [0.4, 0.5) is 0 Å². The molecular formula is C16H29N3O3. The number of hydrogen-bond donors (Lipinski definition) is 2. The first-order valence-corrected chi connectivity index (χ1v) is 8.41. The summed E-state index contributed by atoms with van der Waals surface area (Å²) in [5.74, 6) is -0.0397. The SMILES string of the molecule is CC(=O)NC1(C(=O)N2CCN(C[C@H](C)O)CC2)CCCCC1.